The van der Waals surface area contributed by atoms with Crippen molar-refractivity contribution in [2.24, 2.45) is 5.92 Å². The predicted octanol–water partition coefficient (Wildman–Crippen LogP) is 5.25. The molecule has 2 aliphatic rings. The summed E-state index contributed by atoms with van der Waals surface area (Å²) in [4.78, 5) is 22.4. The van der Waals surface area contributed by atoms with Crippen molar-refractivity contribution in [3.63, 3.8) is 0 Å². The first-order valence-corrected chi connectivity index (χ1v) is 12.3. The number of halogens is 1. The third-order valence-electron chi connectivity index (χ3n) is 6.64. The van der Waals surface area contributed by atoms with E-state index in [4.69, 9.17) is 25.8 Å². The zero-order valence-corrected chi connectivity index (χ0v) is 20.7. The van der Waals surface area contributed by atoms with Gasteiger partial charge in [0.25, 0.3) is 0 Å². The zero-order chi connectivity index (χ0) is 24.4. The topological polar surface area (TPSA) is 73.8 Å². The summed E-state index contributed by atoms with van der Waals surface area (Å²) < 4.78 is 17.9. The quantitative estimate of drug-likeness (QED) is 0.419. The summed E-state index contributed by atoms with van der Waals surface area (Å²) in [6.45, 7) is 4.10. The maximum Gasteiger partial charge on any atom is 0.237 e. The molecule has 2 aromatic carbocycles. The Morgan fingerprint density at radius 3 is 2.74 bits per heavy atom. The van der Waals surface area contributed by atoms with E-state index in [1.165, 1.54) is 23.0 Å². The summed E-state index contributed by atoms with van der Waals surface area (Å²) in [7, 11) is 1.61. The van der Waals surface area contributed by atoms with Crippen LogP contribution >= 0.6 is 11.6 Å². The summed E-state index contributed by atoms with van der Waals surface area (Å²) in [5.74, 6) is 2.80. The fraction of sp³-hybridized carbons (Fsp3) is 0.370. The maximum atomic E-state index is 11.8. The number of amides is 1. The Morgan fingerprint density at radius 1 is 1.14 bits per heavy atom. The van der Waals surface area contributed by atoms with E-state index in [1.54, 1.807) is 7.11 Å². The molecule has 1 saturated heterocycles. The van der Waals surface area contributed by atoms with Crippen LogP contribution < -0.4 is 14.2 Å². The number of likely N-dealkylation sites (tertiary alicyclic amines) is 1. The molecule has 0 unspecified atom stereocenters. The maximum absolute atomic E-state index is 11.8. The second-order valence-corrected chi connectivity index (χ2v) is 9.37. The predicted molar refractivity (Wildman–Crippen MR) is 135 cm³/mol. The van der Waals surface area contributed by atoms with Crippen molar-refractivity contribution in [2.45, 2.75) is 26.2 Å². The van der Waals surface area contributed by atoms with Crippen molar-refractivity contribution < 1.29 is 19.0 Å². The molecule has 35 heavy (non-hydrogen) atoms. The van der Waals surface area contributed by atoms with E-state index in [2.05, 4.69) is 29.0 Å². The van der Waals surface area contributed by atoms with Gasteiger partial charge < -0.3 is 19.1 Å². The van der Waals surface area contributed by atoms with Gasteiger partial charge in [-0.05, 0) is 61.4 Å². The van der Waals surface area contributed by atoms with Crippen molar-refractivity contribution in [1.82, 2.24) is 14.9 Å². The number of allylic oxidation sites excluding steroid dienone is 1. The summed E-state index contributed by atoms with van der Waals surface area (Å²) in [6, 6.07) is 9.84. The fourth-order valence-corrected chi connectivity index (χ4v) is 4.86. The van der Waals surface area contributed by atoms with Crippen LogP contribution in [-0.4, -0.2) is 53.5 Å². The second-order valence-electron chi connectivity index (χ2n) is 9.10. The highest BCUT2D eigenvalue weighted by Gasteiger charge is 2.23. The Bertz CT molecular complexity index is 1280. The minimum atomic E-state index is -0.00796. The lowest BCUT2D eigenvalue weighted by atomic mass is 9.98. The number of rotatable bonds is 7. The Balaban J connectivity index is 1.32. The van der Waals surface area contributed by atoms with Crippen molar-refractivity contribution >= 4 is 34.5 Å². The molecular weight excluding hydrogens is 466 g/mol. The number of carbonyl (C=O) groups is 1. The largest absolute Gasteiger partial charge is 0.493 e. The van der Waals surface area contributed by atoms with E-state index in [1.807, 2.05) is 29.2 Å². The van der Waals surface area contributed by atoms with Crippen LogP contribution in [0, 0.1) is 5.92 Å². The van der Waals surface area contributed by atoms with Crippen molar-refractivity contribution in [2.75, 3.05) is 32.7 Å². The van der Waals surface area contributed by atoms with Crippen LogP contribution in [0.15, 0.2) is 42.2 Å². The minimum absolute atomic E-state index is 0.00796. The third-order valence-corrected chi connectivity index (χ3v) is 6.87. The molecule has 1 amide bonds. The van der Waals surface area contributed by atoms with Gasteiger partial charge in [-0.3, -0.25) is 4.79 Å². The van der Waals surface area contributed by atoms with Crippen LogP contribution in [0.25, 0.3) is 17.0 Å². The molecule has 0 N–H and O–H groups in total. The van der Waals surface area contributed by atoms with Gasteiger partial charge in [-0.25, -0.2) is 9.97 Å². The second kappa shape index (κ2) is 10.1. The van der Waals surface area contributed by atoms with Gasteiger partial charge in [0.2, 0.25) is 11.8 Å². The van der Waals surface area contributed by atoms with Crippen LogP contribution in [0.3, 0.4) is 0 Å². The van der Waals surface area contributed by atoms with E-state index >= 15 is 0 Å². The molecule has 5 rings (SSSR count). The van der Waals surface area contributed by atoms with Crippen LogP contribution in [0.1, 0.15) is 30.9 Å². The van der Waals surface area contributed by atoms with Gasteiger partial charge in [-0.2, -0.15) is 0 Å². The highest BCUT2D eigenvalue weighted by atomic mass is 35.5. The Kier molecular flexibility index (Phi) is 6.77. The average Bonchev–Trinajstić information content (AvgIpc) is 3.26. The molecule has 0 atom stereocenters. The normalized spacial score (nSPS) is 15.6. The SMILES string of the molecule is COc1cc2c(Oc3ccc4c(c3)C=C(C)C4)ncnc2cc1OCC1CCN(C(=O)CCl)CC1. The molecular formula is C27H28ClN3O4. The van der Waals surface area contributed by atoms with Gasteiger partial charge in [0.05, 0.1) is 24.6 Å². The van der Waals surface area contributed by atoms with Crippen molar-refractivity contribution in [1.29, 1.82) is 0 Å². The van der Waals surface area contributed by atoms with Gasteiger partial charge in [0.1, 0.15) is 18.0 Å². The number of hydrogen-bond acceptors (Lipinski definition) is 6. The van der Waals surface area contributed by atoms with Crippen molar-refractivity contribution in [3.8, 4) is 23.1 Å². The van der Waals surface area contributed by atoms with E-state index in [-0.39, 0.29) is 11.8 Å². The Hall–Kier alpha value is -3.32. The molecule has 8 heteroatoms. The summed E-state index contributed by atoms with van der Waals surface area (Å²) >= 11 is 5.68. The third kappa shape index (κ3) is 5.05. The summed E-state index contributed by atoms with van der Waals surface area (Å²) in [5, 5.41) is 0.747. The molecule has 1 aromatic heterocycles. The highest BCUT2D eigenvalue weighted by Crippen LogP contribution is 2.37. The lowest BCUT2D eigenvalue weighted by Gasteiger charge is -2.31. The van der Waals surface area contributed by atoms with Gasteiger partial charge in [-0.15, -0.1) is 11.6 Å². The summed E-state index contributed by atoms with van der Waals surface area (Å²) in [5.41, 5.74) is 4.55. The number of carbonyl (C=O) groups excluding carboxylic acids is 1. The molecule has 3 aromatic rings. The standard InChI is InChI=1S/C27H28ClN3O4/c1-17-9-19-3-4-21(11-20(19)10-17)35-27-22-12-24(33-2)25(13-23(22)29-16-30-27)34-15-18-5-7-31(8-6-18)26(32)14-28/h3-4,10-13,16,18H,5-9,14-15H2,1-2H3. The Morgan fingerprint density at radius 2 is 1.97 bits per heavy atom. The molecule has 182 valence electrons. The number of alkyl halides is 1. The molecule has 1 fully saturated rings. The number of nitrogens with zero attached hydrogens (tertiary/aromatic N) is 3. The molecule has 0 radical (unpaired) electrons. The highest BCUT2D eigenvalue weighted by molar-refractivity contribution is 6.27. The molecule has 0 saturated carbocycles. The zero-order valence-electron chi connectivity index (χ0n) is 19.9. The van der Waals surface area contributed by atoms with Crippen molar-refractivity contribution in [3.05, 3.63) is 53.4 Å². The minimum Gasteiger partial charge on any atom is -0.493 e. The number of ether oxygens (including phenoxy) is 3. The molecule has 2 heterocycles. The number of hydrogen-bond donors (Lipinski definition) is 0. The van der Waals surface area contributed by atoms with Gasteiger partial charge in [0, 0.05) is 19.2 Å². The molecule has 0 bridgehead atoms. The average molecular weight is 494 g/mol. The first-order valence-electron chi connectivity index (χ1n) is 11.8. The van der Waals surface area contributed by atoms with E-state index in [0.29, 0.717) is 48.5 Å². The van der Waals surface area contributed by atoms with E-state index in [9.17, 15) is 4.79 Å². The number of piperidine rings is 1. The fourth-order valence-electron chi connectivity index (χ4n) is 4.70. The van der Waals surface area contributed by atoms with Gasteiger partial charge in [-0.1, -0.05) is 17.7 Å². The number of benzene rings is 2. The Labute approximate surface area is 209 Å². The molecule has 1 aliphatic heterocycles. The lowest BCUT2D eigenvalue weighted by molar-refractivity contribution is -0.130. The molecule has 7 nitrogen and oxygen atoms in total. The number of methoxy groups -OCH3 is 1. The first-order chi connectivity index (χ1) is 17.0. The lowest BCUT2D eigenvalue weighted by Crippen LogP contribution is -2.40. The van der Waals surface area contributed by atoms with Crippen LogP contribution in [0.5, 0.6) is 23.1 Å². The van der Waals surface area contributed by atoms with Crippen LogP contribution in [0.4, 0.5) is 0 Å². The van der Waals surface area contributed by atoms with Gasteiger partial charge in [0.15, 0.2) is 11.5 Å². The summed E-state index contributed by atoms with van der Waals surface area (Å²) in [6.07, 6.45) is 6.43. The number of aromatic nitrogens is 2. The number of fused-ring (bicyclic) bond motifs is 2. The van der Waals surface area contributed by atoms with Gasteiger partial charge >= 0.3 is 0 Å². The molecule has 0 spiro atoms. The van der Waals surface area contributed by atoms with Crippen LogP contribution in [0.2, 0.25) is 0 Å². The molecule has 1 aliphatic carbocycles. The van der Waals surface area contributed by atoms with Crippen LogP contribution in [-0.2, 0) is 11.2 Å². The van der Waals surface area contributed by atoms with E-state index in [0.717, 1.165) is 30.4 Å². The first kappa shape index (κ1) is 23.4. The smallest absolute Gasteiger partial charge is 0.237 e. The monoisotopic (exact) mass is 493 g/mol. The van der Waals surface area contributed by atoms with E-state index < -0.39 is 0 Å².